The van der Waals surface area contributed by atoms with Gasteiger partial charge in [0, 0.05) is 62.7 Å². The maximum absolute atomic E-state index is 14.7. The lowest BCUT2D eigenvalue weighted by Gasteiger charge is -2.17. The number of aromatic amines is 1. The number of halogens is 1. The first-order valence-electron chi connectivity index (χ1n) is 12.9. The standard InChI is InChI=1S/C31H25FN6O/c1-16(2)31(39)35-19-10-17(13-33-15-19)18-11-23-27(28-30(37-28)38-29(23)34-14-18)26-12-22-20(7-5-9-25(22)36-26)21-6-3-4-8-24(21)32/h3-16,30,36-37H,1-2H3,(H,34,38)(H,35,39). The molecular weight excluding hydrogens is 491 g/mol. The fourth-order valence-electron chi connectivity index (χ4n) is 5.10. The van der Waals surface area contributed by atoms with Gasteiger partial charge in [0.15, 0.2) is 0 Å². The second-order valence-corrected chi connectivity index (χ2v) is 10.2. The van der Waals surface area contributed by atoms with Gasteiger partial charge in [-0.15, -0.1) is 0 Å². The molecule has 0 spiro atoms. The lowest BCUT2D eigenvalue weighted by molar-refractivity contribution is -0.118. The van der Waals surface area contributed by atoms with Gasteiger partial charge in [-0.05, 0) is 35.9 Å². The molecule has 1 saturated heterocycles. The summed E-state index contributed by atoms with van der Waals surface area (Å²) in [5.41, 5.74) is 8.68. The Morgan fingerprint density at radius 2 is 1.74 bits per heavy atom. The summed E-state index contributed by atoms with van der Waals surface area (Å²) < 4.78 is 14.7. The number of rotatable bonds is 5. The van der Waals surface area contributed by atoms with Crippen LogP contribution >= 0.6 is 0 Å². The van der Waals surface area contributed by atoms with Gasteiger partial charge in [0.25, 0.3) is 0 Å². The maximum Gasteiger partial charge on any atom is 0.226 e. The third-order valence-electron chi connectivity index (χ3n) is 7.17. The molecule has 0 aliphatic carbocycles. The molecule has 1 amide bonds. The molecule has 3 aromatic heterocycles. The van der Waals surface area contributed by atoms with E-state index >= 15 is 0 Å². The molecule has 7 nitrogen and oxygen atoms in total. The van der Waals surface area contributed by atoms with Crippen LogP contribution in [-0.4, -0.2) is 27.0 Å². The van der Waals surface area contributed by atoms with Gasteiger partial charge < -0.3 is 20.9 Å². The highest BCUT2D eigenvalue weighted by Crippen LogP contribution is 2.43. The molecule has 1 fully saturated rings. The minimum Gasteiger partial charge on any atom is -0.360 e. The molecule has 1 unspecified atom stereocenters. The molecule has 2 aliphatic rings. The fraction of sp³-hybridized carbons (Fsp3) is 0.129. The van der Waals surface area contributed by atoms with Crippen LogP contribution < -0.4 is 16.0 Å². The Morgan fingerprint density at radius 1 is 0.923 bits per heavy atom. The van der Waals surface area contributed by atoms with Crippen molar-refractivity contribution in [2.24, 2.45) is 5.92 Å². The number of carbonyl (C=O) groups is 1. The number of hydrogen-bond acceptors (Lipinski definition) is 5. The molecule has 2 aliphatic heterocycles. The van der Waals surface area contributed by atoms with Gasteiger partial charge in [0.05, 0.1) is 17.6 Å². The molecule has 0 saturated carbocycles. The van der Waals surface area contributed by atoms with Gasteiger partial charge in [-0.1, -0.05) is 44.2 Å². The summed E-state index contributed by atoms with van der Waals surface area (Å²) in [6.45, 7) is 3.70. The molecule has 0 bridgehead atoms. The minimum atomic E-state index is -0.250. The number of hydrogen-bond donors (Lipinski definition) is 4. The third kappa shape index (κ3) is 4.01. The van der Waals surface area contributed by atoms with Crippen molar-refractivity contribution in [1.29, 1.82) is 0 Å². The molecule has 5 heterocycles. The summed E-state index contributed by atoms with van der Waals surface area (Å²) in [4.78, 5) is 24.8. The van der Waals surface area contributed by atoms with Crippen molar-refractivity contribution >= 4 is 33.9 Å². The molecule has 7 rings (SSSR count). The highest BCUT2D eigenvalue weighted by Gasteiger charge is 2.39. The zero-order valence-electron chi connectivity index (χ0n) is 21.3. The average Bonchev–Trinajstić information content (AvgIpc) is 3.58. The maximum atomic E-state index is 14.7. The van der Waals surface area contributed by atoms with Gasteiger partial charge in [0.1, 0.15) is 17.8 Å². The summed E-state index contributed by atoms with van der Waals surface area (Å²) in [6, 6.07) is 18.8. The first-order valence-corrected chi connectivity index (χ1v) is 12.9. The Bertz CT molecular complexity index is 1820. The lowest BCUT2D eigenvalue weighted by atomic mass is 9.96. The molecule has 4 N–H and O–H groups in total. The van der Waals surface area contributed by atoms with Crippen molar-refractivity contribution in [3.05, 3.63) is 102 Å². The molecule has 2 aromatic carbocycles. The molecule has 0 radical (unpaired) electrons. The van der Waals surface area contributed by atoms with Gasteiger partial charge in [-0.2, -0.15) is 0 Å². The van der Waals surface area contributed by atoms with E-state index in [4.69, 9.17) is 4.98 Å². The second-order valence-electron chi connectivity index (χ2n) is 10.2. The highest BCUT2D eigenvalue weighted by molar-refractivity contribution is 6.01. The zero-order valence-corrected chi connectivity index (χ0v) is 21.3. The number of carbonyl (C=O) groups excluding carboxylic acids is 1. The Kier molecular flexibility index (Phi) is 5.23. The third-order valence-corrected chi connectivity index (χ3v) is 7.17. The van der Waals surface area contributed by atoms with Crippen LogP contribution in [0, 0.1) is 11.7 Å². The van der Waals surface area contributed by atoms with Crippen molar-refractivity contribution in [2.75, 3.05) is 10.6 Å². The van der Waals surface area contributed by atoms with Crippen molar-refractivity contribution in [3.8, 4) is 22.3 Å². The lowest BCUT2D eigenvalue weighted by Crippen LogP contribution is -2.17. The van der Waals surface area contributed by atoms with E-state index < -0.39 is 0 Å². The molecule has 192 valence electrons. The van der Waals surface area contributed by atoms with E-state index in [2.05, 4.69) is 38.1 Å². The van der Waals surface area contributed by atoms with Crippen LogP contribution in [0.1, 0.15) is 25.1 Å². The minimum absolute atomic E-state index is 0.0274. The molecule has 5 aromatic rings. The van der Waals surface area contributed by atoms with Crippen LogP contribution in [0.3, 0.4) is 0 Å². The first-order chi connectivity index (χ1) is 19.0. The zero-order chi connectivity index (χ0) is 26.7. The van der Waals surface area contributed by atoms with E-state index in [1.54, 1.807) is 24.5 Å². The van der Waals surface area contributed by atoms with Crippen LogP contribution in [0.5, 0.6) is 0 Å². The Balaban J connectivity index is 1.31. The number of amides is 1. The van der Waals surface area contributed by atoms with Crippen molar-refractivity contribution < 1.29 is 9.18 Å². The Labute approximate surface area is 224 Å². The fourth-order valence-corrected chi connectivity index (χ4v) is 5.10. The normalized spacial score (nSPS) is 15.4. The predicted molar refractivity (Wildman–Crippen MR) is 151 cm³/mol. The Morgan fingerprint density at radius 3 is 2.59 bits per heavy atom. The number of pyridine rings is 2. The van der Waals surface area contributed by atoms with E-state index in [9.17, 15) is 9.18 Å². The summed E-state index contributed by atoms with van der Waals surface area (Å²) in [6.07, 6.45) is 5.24. The average molecular weight is 517 g/mol. The number of fused-ring (bicyclic) bond motifs is 3. The monoisotopic (exact) mass is 516 g/mol. The predicted octanol–water partition coefficient (Wildman–Crippen LogP) is 6.14. The van der Waals surface area contributed by atoms with Gasteiger partial charge in [0.2, 0.25) is 5.91 Å². The van der Waals surface area contributed by atoms with E-state index in [0.29, 0.717) is 11.3 Å². The largest absolute Gasteiger partial charge is 0.360 e. The quantitative estimate of drug-likeness (QED) is 0.210. The number of nitrogens with zero attached hydrogens (tertiary/aromatic N) is 2. The smallest absolute Gasteiger partial charge is 0.226 e. The number of aromatic nitrogens is 3. The van der Waals surface area contributed by atoms with Crippen molar-refractivity contribution in [1.82, 2.24) is 20.3 Å². The number of benzene rings is 2. The van der Waals surface area contributed by atoms with Crippen LogP contribution in [0.2, 0.25) is 0 Å². The van der Waals surface area contributed by atoms with Gasteiger partial charge in [-0.3, -0.25) is 9.78 Å². The second kappa shape index (κ2) is 8.80. The number of nitrogens with one attached hydrogen (secondary N) is 4. The molecule has 8 heteroatoms. The Hall–Kier alpha value is -4.98. The van der Waals surface area contributed by atoms with E-state index in [0.717, 1.165) is 55.9 Å². The molecular formula is C31H25FN6O. The van der Waals surface area contributed by atoms with Crippen LogP contribution in [0.25, 0.3) is 38.7 Å². The summed E-state index contributed by atoms with van der Waals surface area (Å²) in [5.74, 6) is 0.333. The highest BCUT2D eigenvalue weighted by atomic mass is 19.1. The number of anilines is 2. The summed E-state index contributed by atoms with van der Waals surface area (Å²) in [7, 11) is 0. The van der Waals surface area contributed by atoms with E-state index in [1.807, 2.05) is 50.4 Å². The van der Waals surface area contributed by atoms with Gasteiger partial charge >= 0.3 is 0 Å². The topological polar surface area (TPSA) is 105 Å². The van der Waals surface area contributed by atoms with Crippen LogP contribution in [0.15, 0.2) is 85.0 Å². The van der Waals surface area contributed by atoms with Crippen molar-refractivity contribution in [3.63, 3.8) is 0 Å². The van der Waals surface area contributed by atoms with E-state index in [1.165, 1.54) is 6.07 Å². The van der Waals surface area contributed by atoms with Crippen LogP contribution in [0.4, 0.5) is 15.9 Å². The summed E-state index contributed by atoms with van der Waals surface area (Å²) >= 11 is 0. The SMILES string of the molecule is CC(C)C(=O)Nc1cncc(-c2cnc3c(c2)C(c2cc4c(-c5ccccc5F)cccc4[nH]2)=C2NC2N3)c1. The first kappa shape index (κ1) is 23.2. The summed E-state index contributed by atoms with van der Waals surface area (Å²) in [5, 5.41) is 10.7. The molecule has 1 atom stereocenters. The molecule has 39 heavy (non-hydrogen) atoms. The van der Waals surface area contributed by atoms with Crippen LogP contribution in [-0.2, 0) is 4.79 Å². The van der Waals surface area contributed by atoms with Crippen molar-refractivity contribution in [2.45, 2.75) is 20.0 Å². The van der Waals surface area contributed by atoms with Gasteiger partial charge in [-0.25, -0.2) is 9.37 Å². The number of H-pyrrole nitrogens is 1. The van der Waals surface area contributed by atoms with E-state index in [-0.39, 0.29) is 23.8 Å².